The molecule has 2 aromatic rings. The molecule has 0 radical (unpaired) electrons. The highest BCUT2D eigenvalue weighted by Gasteiger charge is 2.31. The second-order valence-corrected chi connectivity index (χ2v) is 6.30. The lowest BCUT2D eigenvalue weighted by molar-refractivity contribution is -0.137. The van der Waals surface area contributed by atoms with Crippen molar-refractivity contribution in [1.82, 2.24) is 15.1 Å². The monoisotopic (exact) mass is 411 g/mol. The molecule has 1 atom stereocenters. The van der Waals surface area contributed by atoms with Crippen LogP contribution in [0, 0.1) is 6.92 Å². The van der Waals surface area contributed by atoms with Crippen LogP contribution < -0.4 is 10.7 Å². The third kappa shape index (κ3) is 5.43. The molecular weight excluding hydrogens is 391 g/mol. The molecule has 0 bridgehead atoms. The Morgan fingerprint density at radius 3 is 2.59 bits per heavy atom. The van der Waals surface area contributed by atoms with E-state index in [4.69, 9.17) is 4.74 Å². The predicted molar refractivity (Wildman–Crippen MR) is 97.8 cm³/mol. The topological polar surface area (TPSA) is 90.3 Å². The van der Waals surface area contributed by atoms with Crippen LogP contribution >= 0.6 is 0 Å². The van der Waals surface area contributed by atoms with Crippen molar-refractivity contribution >= 4 is 11.9 Å². The van der Waals surface area contributed by atoms with Gasteiger partial charge in [-0.05, 0) is 38.5 Å². The first-order valence-electron chi connectivity index (χ1n) is 8.82. The van der Waals surface area contributed by atoms with Gasteiger partial charge in [-0.15, -0.1) is 0 Å². The van der Waals surface area contributed by atoms with E-state index in [1.54, 1.807) is 0 Å². The quantitative estimate of drug-likeness (QED) is 0.738. The molecule has 0 fully saturated rings. The van der Waals surface area contributed by atoms with Crippen molar-refractivity contribution in [3.05, 3.63) is 57.5 Å². The van der Waals surface area contributed by atoms with Gasteiger partial charge in [-0.3, -0.25) is 9.59 Å². The number of benzene rings is 1. The lowest BCUT2D eigenvalue weighted by Crippen LogP contribution is -2.37. The molecule has 1 amide bonds. The highest BCUT2D eigenvalue weighted by atomic mass is 19.4. The third-order valence-corrected chi connectivity index (χ3v) is 3.92. The largest absolute Gasteiger partial charge is 0.448 e. The number of halogens is 3. The first kappa shape index (κ1) is 22.1. The molecule has 0 aliphatic rings. The molecule has 156 valence electrons. The number of alkyl halides is 3. The second-order valence-electron chi connectivity index (χ2n) is 6.30. The maximum Gasteiger partial charge on any atom is 0.416 e. The molecule has 1 aromatic heterocycles. The Kier molecular flexibility index (Phi) is 6.78. The summed E-state index contributed by atoms with van der Waals surface area (Å²) in [6, 6.07) is 5.35. The zero-order valence-corrected chi connectivity index (χ0v) is 16.0. The molecule has 0 saturated heterocycles. The Labute approximate surface area is 164 Å². The van der Waals surface area contributed by atoms with E-state index in [0.29, 0.717) is 13.0 Å². The molecule has 29 heavy (non-hydrogen) atoms. The fourth-order valence-electron chi connectivity index (χ4n) is 2.43. The number of nitrogens with zero attached hydrogens (tertiary/aromatic N) is 2. The van der Waals surface area contributed by atoms with Crippen LogP contribution in [0.3, 0.4) is 0 Å². The van der Waals surface area contributed by atoms with E-state index in [0.717, 1.165) is 22.9 Å². The number of nitrogens with one attached hydrogen (secondary N) is 1. The van der Waals surface area contributed by atoms with Crippen LogP contribution in [0.1, 0.15) is 42.0 Å². The Hall–Kier alpha value is -3.17. The van der Waals surface area contributed by atoms with Gasteiger partial charge in [0.05, 0.1) is 11.3 Å². The molecule has 0 saturated carbocycles. The number of esters is 1. The van der Waals surface area contributed by atoms with Crippen molar-refractivity contribution in [1.29, 1.82) is 0 Å². The van der Waals surface area contributed by atoms with Gasteiger partial charge in [-0.1, -0.05) is 13.0 Å². The molecule has 2 rings (SSSR count). The first-order chi connectivity index (χ1) is 13.5. The Bertz CT molecular complexity index is 970. The van der Waals surface area contributed by atoms with Gasteiger partial charge in [0.25, 0.3) is 5.91 Å². The van der Waals surface area contributed by atoms with Gasteiger partial charge < -0.3 is 10.1 Å². The maximum atomic E-state index is 13.0. The zero-order chi connectivity index (χ0) is 21.8. The van der Waals surface area contributed by atoms with E-state index >= 15 is 0 Å². The van der Waals surface area contributed by atoms with Crippen LogP contribution in [0.2, 0.25) is 0 Å². The number of carbonyl (C=O) groups is 2. The molecule has 0 aliphatic carbocycles. The molecule has 0 unspecified atom stereocenters. The molecule has 0 spiro atoms. The average molecular weight is 411 g/mol. The number of hydrogen-bond donors (Lipinski definition) is 1. The molecule has 7 nitrogen and oxygen atoms in total. The number of aryl methyl sites for hydroxylation is 1. The Morgan fingerprint density at radius 2 is 1.97 bits per heavy atom. The van der Waals surface area contributed by atoms with Crippen LogP contribution in [-0.2, 0) is 15.7 Å². The van der Waals surface area contributed by atoms with Crippen LogP contribution in [0.25, 0.3) is 5.69 Å². The van der Waals surface area contributed by atoms with Gasteiger partial charge in [-0.25, -0.2) is 9.48 Å². The highest BCUT2D eigenvalue weighted by Crippen LogP contribution is 2.30. The summed E-state index contributed by atoms with van der Waals surface area (Å²) in [5, 5.41) is 6.41. The van der Waals surface area contributed by atoms with Crippen molar-refractivity contribution in [3.63, 3.8) is 0 Å². The van der Waals surface area contributed by atoms with E-state index in [1.165, 1.54) is 26.0 Å². The van der Waals surface area contributed by atoms with Crippen molar-refractivity contribution in [3.8, 4) is 5.69 Å². The number of ether oxygens (including phenoxy) is 1. The smallest absolute Gasteiger partial charge is 0.416 e. The van der Waals surface area contributed by atoms with E-state index in [9.17, 15) is 27.6 Å². The Morgan fingerprint density at radius 1 is 1.28 bits per heavy atom. The number of amides is 1. The van der Waals surface area contributed by atoms with E-state index in [-0.39, 0.29) is 11.4 Å². The van der Waals surface area contributed by atoms with E-state index in [1.807, 2.05) is 6.92 Å². The summed E-state index contributed by atoms with van der Waals surface area (Å²) in [7, 11) is 0. The fourth-order valence-corrected chi connectivity index (χ4v) is 2.43. The lowest BCUT2D eigenvalue weighted by Gasteiger charge is -2.15. The molecule has 10 heteroatoms. The fraction of sp³-hybridized carbons (Fsp3) is 0.368. The first-order valence-corrected chi connectivity index (χ1v) is 8.82. The van der Waals surface area contributed by atoms with Gasteiger partial charge in [0.2, 0.25) is 11.1 Å². The Balaban J connectivity index is 2.36. The maximum absolute atomic E-state index is 13.0. The van der Waals surface area contributed by atoms with Crippen LogP contribution in [0.5, 0.6) is 0 Å². The standard InChI is InChI=1S/C19H20F3N3O4/c1-4-8-23-17(27)12(3)29-18(28)16-15(26)9-11(2)25(24-16)14-7-5-6-13(10-14)19(20,21)22/h5-7,9-10,12H,4,8H2,1-3H3,(H,23,27)/t12-/m0/s1. The summed E-state index contributed by atoms with van der Waals surface area (Å²) in [6.45, 7) is 5.04. The minimum Gasteiger partial charge on any atom is -0.448 e. The number of hydrogen-bond acceptors (Lipinski definition) is 5. The number of aromatic nitrogens is 2. The lowest BCUT2D eigenvalue weighted by atomic mass is 10.2. The summed E-state index contributed by atoms with van der Waals surface area (Å²) >= 11 is 0. The molecule has 1 aromatic carbocycles. The normalized spacial score (nSPS) is 12.3. The summed E-state index contributed by atoms with van der Waals surface area (Å²) in [6.07, 6.45) is -5.04. The summed E-state index contributed by atoms with van der Waals surface area (Å²) in [5.41, 5.74) is -2.07. The van der Waals surface area contributed by atoms with E-state index in [2.05, 4.69) is 10.4 Å². The SMILES string of the molecule is CCCNC(=O)[C@H](C)OC(=O)c1nn(-c2cccc(C(F)(F)F)c2)c(C)cc1=O. The van der Waals surface area contributed by atoms with E-state index < -0.39 is 40.8 Å². The number of carbonyl (C=O) groups excluding carboxylic acids is 2. The molecule has 1 N–H and O–H groups in total. The van der Waals surface area contributed by atoms with Crippen molar-refractivity contribution < 1.29 is 27.5 Å². The zero-order valence-electron chi connectivity index (χ0n) is 16.0. The summed E-state index contributed by atoms with van der Waals surface area (Å²) in [5.74, 6) is -1.68. The summed E-state index contributed by atoms with van der Waals surface area (Å²) < 4.78 is 44.9. The van der Waals surface area contributed by atoms with Gasteiger partial charge in [0.1, 0.15) is 0 Å². The van der Waals surface area contributed by atoms with Crippen LogP contribution in [0.15, 0.2) is 35.1 Å². The third-order valence-electron chi connectivity index (χ3n) is 3.92. The average Bonchev–Trinajstić information content (AvgIpc) is 2.65. The molecule has 1 heterocycles. The van der Waals surface area contributed by atoms with Crippen LogP contribution in [-0.4, -0.2) is 34.3 Å². The van der Waals surface area contributed by atoms with Crippen molar-refractivity contribution in [2.24, 2.45) is 0 Å². The van der Waals surface area contributed by atoms with Gasteiger partial charge in [-0.2, -0.15) is 18.3 Å². The van der Waals surface area contributed by atoms with Crippen LogP contribution in [0.4, 0.5) is 13.2 Å². The van der Waals surface area contributed by atoms with Crippen molar-refractivity contribution in [2.45, 2.75) is 39.5 Å². The van der Waals surface area contributed by atoms with Gasteiger partial charge in [0.15, 0.2) is 6.10 Å². The molecule has 0 aliphatic heterocycles. The predicted octanol–water partition coefficient (Wildman–Crippen LogP) is 2.63. The van der Waals surface area contributed by atoms with Crippen molar-refractivity contribution in [2.75, 3.05) is 6.54 Å². The van der Waals surface area contributed by atoms with Gasteiger partial charge >= 0.3 is 12.1 Å². The second kappa shape index (κ2) is 8.89. The van der Waals surface area contributed by atoms with Gasteiger partial charge in [0, 0.05) is 18.3 Å². The minimum absolute atomic E-state index is 0.0140. The summed E-state index contributed by atoms with van der Waals surface area (Å²) in [4.78, 5) is 36.3. The number of rotatable bonds is 6. The minimum atomic E-state index is -4.56. The molecular formula is C19H20F3N3O4. The highest BCUT2D eigenvalue weighted by molar-refractivity contribution is 5.90.